The van der Waals surface area contributed by atoms with Crippen LogP contribution in [0.25, 0.3) is 20.7 Å². The van der Waals surface area contributed by atoms with Crippen LogP contribution in [-0.2, 0) is 0 Å². The maximum absolute atomic E-state index is 4.35. The molecule has 0 N–H and O–H groups in total. The summed E-state index contributed by atoms with van der Waals surface area (Å²) in [4.78, 5) is 5.61. The molecule has 78 valence electrons. The third-order valence-electron chi connectivity index (χ3n) is 2.42. The second kappa shape index (κ2) is 4.00. The summed E-state index contributed by atoms with van der Waals surface area (Å²) in [5.74, 6) is 0. The summed E-state index contributed by atoms with van der Waals surface area (Å²) in [5.41, 5.74) is 2.32. The van der Waals surface area contributed by atoms with Gasteiger partial charge in [-0.25, -0.2) is 0 Å². The Morgan fingerprint density at radius 1 is 1.06 bits per heavy atom. The van der Waals surface area contributed by atoms with E-state index in [2.05, 4.69) is 57.3 Å². The van der Waals surface area contributed by atoms with Crippen LogP contribution in [-0.4, -0.2) is 4.98 Å². The second-order valence-corrected chi connectivity index (χ2v) is 5.50. The van der Waals surface area contributed by atoms with Crippen molar-refractivity contribution >= 4 is 37.5 Å². The molecular formula is C13H8BrNS. The second-order valence-electron chi connectivity index (χ2n) is 3.50. The molecule has 0 saturated carbocycles. The minimum absolute atomic E-state index is 1.07. The Hall–Kier alpha value is -1.19. The molecule has 0 spiro atoms. The molecule has 3 rings (SSSR count). The van der Waals surface area contributed by atoms with Gasteiger partial charge in [0.15, 0.2) is 0 Å². The Labute approximate surface area is 106 Å². The molecule has 2 aromatic heterocycles. The molecule has 1 aromatic carbocycles. The van der Waals surface area contributed by atoms with Gasteiger partial charge in [-0.05, 0) is 35.9 Å². The molecule has 2 heterocycles. The topological polar surface area (TPSA) is 12.9 Å². The summed E-state index contributed by atoms with van der Waals surface area (Å²) in [6.07, 6.45) is 1.83. The maximum Gasteiger partial charge on any atom is 0.0816 e. The SMILES string of the molecule is Brc1ccc(-c2cc3ncccc3s2)cc1. The molecule has 16 heavy (non-hydrogen) atoms. The van der Waals surface area contributed by atoms with Gasteiger partial charge in [0.05, 0.1) is 10.2 Å². The number of hydrogen-bond acceptors (Lipinski definition) is 2. The number of pyridine rings is 1. The van der Waals surface area contributed by atoms with E-state index in [4.69, 9.17) is 0 Å². The molecule has 0 amide bonds. The zero-order valence-corrected chi connectivity index (χ0v) is 10.8. The fourth-order valence-corrected chi connectivity index (χ4v) is 2.91. The lowest BCUT2D eigenvalue weighted by atomic mass is 10.2. The smallest absolute Gasteiger partial charge is 0.0816 e. The van der Waals surface area contributed by atoms with Crippen LogP contribution >= 0.6 is 27.3 Å². The van der Waals surface area contributed by atoms with E-state index in [0.29, 0.717) is 0 Å². The van der Waals surface area contributed by atoms with E-state index in [1.54, 1.807) is 11.3 Å². The Morgan fingerprint density at radius 3 is 2.62 bits per heavy atom. The highest BCUT2D eigenvalue weighted by atomic mass is 79.9. The average molecular weight is 290 g/mol. The van der Waals surface area contributed by atoms with Crippen molar-refractivity contribution in [1.29, 1.82) is 0 Å². The first-order chi connectivity index (χ1) is 7.83. The lowest BCUT2D eigenvalue weighted by molar-refractivity contribution is 1.43. The third kappa shape index (κ3) is 1.77. The fourth-order valence-electron chi connectivity index (χ4n) is 1.63. The highest BCUT2D eigenvalue weighted by Gasteiger charge is 2.04. The van der Waals surface area contributed by atoms with E-state index in [9.17, 15) is 0 Å². The first kappa shape index (κ1) is 10.00. The molecule has 3 aromatic rings. The Kier molecular flexibility index (Phi) is 2.50. The van der Waals surface area contributed by atoms with Crippen molar-refractivity contribution in [2.45, 2.75) is 0 Å². The monoisotopic (exact) mass is 289 g/mol. The van der Waals surface area contributed by atoms with Crippen LogP contribution in [0.5, 0.6) is 0 Å². The highest BCUT2D eigenvalue weighted by molar-refractivity contribution is 9.10. The lowest BCUT2D eigenvalue weighted by Crippen LogP contribution is -1.70. The van der Waals surface area contributed by atoms with Crippen molar-refractivity contribution in [1.82, 2.24) is 4.98 Å². The molecule has 0 unspecified atom stereocenters. The van der Waals surface area contributed by atoms with Crippen LogP contribution in [0.2, 0.25) is 0 Å². The van der Waals surface area contributed by atoms with Gasteiger partial charge in [-0.15, -0.1) is 11.3 Å². The van der Waals surface area contributed by atoms with Crippen molar-refractivity contribution in [2.75, 3.05) is 0 Å². The summed E-state index contributed by atoms with van der Waals surface area (Å²) in [7, 11) is 0. The Balaban J connectivity index is 2.15. The minimum atomic E-state index is 1.07. The Morgan fingerprint density at radius 2 is 1.88 bits per heavy atom. The molecule has 0 saturated heterocycles. The number of rotatable bonds is 1. The summed E-state index contributed by atoms with van der Waals surface area (Å²) in [6, 6.07) is 14.6. The largest absolute Gasteiger partial charge is 0.255 e. The predicted molar refractivity (Wildman–Crippen MR) is 72.8 cm³/mol. The summed E-state index contributed by atoms with van der Waals surface area (Å²) >= 11 is 5.22. The van der Waals surface area contributed by atoms with Gasteiger partial charge in [0, 0.05) is 15.5 Å². The molecule has 0 atom stereocenters. The zero-order valence-electron chi connectivity index (χ0n) is 8.35. The first-order valence-corrected chi connectivity index (χ1v) is 6.54. The van der Waals surface area contributed by atoms with Crippen LogP contribution in [0.3, 0.4) is 0 Å². The van der Waals surface area contributed by atoms with Gasteiger partial charge < -0.3 is 0 Å². The standard InChI is InChI=1S/C13H8BrNS/c14-10-5-3-9(4-6-10)13-8-11-12(16-13)2-1-7-15-11/h1-8H. The number of halogens is 1. The molecule has 1 nitrogen and oxygen atoms in total. The van der Waals surface area contributed by atoms with Gasteiger partial charge in [-0.2, -0.15) is 0 Å². The highest BCUT2D eigenvalue weighted by Crippen LogP contribution is 2.32. The minimum Gasteiger partial charge on any atom is -0.255 e. The van der Waals surface area contributed by atoms with Crippen molar-refractivity contribution in [3.05, 3.63) is 53.1 Å². The van der Waals surface area contributed by atoms with Crippen LogP contribution in [0.4, 0.5) is 0 Å². The van der Waals surface area contributed by atoms with Crippen LogP contribution in [0, 0.1) is 0 Å². The van der Waals surface area contributed by atoms with Crippen LogP contribution < -0.4 is 0 Å². The van der Waals surface area contributed by atoms with Gasteiger partial charge in [0.25, 0.3) is 0 Å². The van der Waals surface area contributed by atoms with Crippen molar-refractivity contribution in [3.8, 4) is 10.4 Å². The number of hydrogen-bond donors (Lipinski definition) is 0. The molecule has 3 heteroatoms. The van der Waals surface area contributed by atoms with E-state index in [-0.39, 0.29) is 0 Å². The average Bonchev–Trinajstić information content (AvgIpc) is 2.73. The molecular weight excluding hydrogens is 282 g/mol. The summed E-state index contributed by atoms with van der Waals surface area (Å²) in [6.45, 7) is 0. The molecule has 0 bridgehead atoms. The van der Waals surface area contributed by atoms with Crippen LogP contribution in [0.15, 0.2) is 53.1 Å². The van der Waals surface area contributed by atoms with Crippen molar-refractivity contribution in [3.63, 3.8) is 0 Å². The van der Waals surface area contributed by atoms with E-state index in [0.717, 1.165) is 9.99 Å². The lowest BCUT2D eigenvalue weighted by Gasteiger charge is -1.95. The van der Waals surface area contributed by atoms with E-state index >= 15 is 0 Å². The van der Waals surface area contributed by atoms with Crippen molar-refractivity contribution < 1.29 is 0 Å². The maximum atomic E-state index is 4.35. The van der Waals surface area contributed by atoms with E-state index in [1.807, 2.05) is 12.3 Å². The summed E-state index contributed by atoms with van der Waals surface area (Å²) < 4.78 is 2.34. The molecule has 0 radical (unpaired) electrons. The van der Waals surface area contributed by atoms with Gasteiger partial charge in [-0.1, -0.05) is 28.1 Å². The third-order valence-corrected chi connectivity index (χ3v) is 4.08. The fraction of sp³-hybridized carbons (Fsp3) is 0. The number of benzene rings is 1. The molecule has 0 aliphatic rings. The molecule has 0 aliphatic heterocycles. The van der Waals surface area contributed by atoms with E-state index in [1.165, 1.54) is 15.1 Å². The number of nitrogens with zero attached hydrogens (tertiary/aromatic N) is 1. The number of fused-ring (bicyclic) bond motifs is 1. The normalized spacial score (nSPS) is 10.8. The van der Waals surface area contributed by atoms with Gasteiger partial charge in [-0.3, -0.25) is 4.98 Å². The number of aromatic nitrogens is 1. The molecule has 0 fully saturated rings. The van der Waals surface area contributed by atoms with Gasteiger partial charge in [0.2, 0.25) is 0 Å². The van der Waals surface area contributed by atoms with Crippen LogP contribution in [0.1, 0.15) is 0 Å². The predicted octanol–water partition coefficient (Wildman–Crippen LogP) is 4.73. The summed E-state index contributed by atoms with van der Waals surface area (Å²) in [5, 5.41) is 0. The van der Waals surface area contributed by atoms with Gasteiger partial charge in [0.1, 0.15) is 0 Å². The molecule has 0 aliphatic carbocycles. The number of thiophene rings is 1. The first-order valence-electron chi connectivity index (χ1n) is 4.93. The Bertz CT molecular complexity index is 595. The zero-order chi connectivity index (χ0) is 11.0. The van der Waals surface area contributed by atoms with Crippen molar-refractivity contribution in [2.24, 2.45) is 0 Å². The quantitative estimate of drug-likeness (QED) is 0.631. The van der Waals surface area contributed by atoms with Gasteiger partial charge >= 0.3 is 0 Å². The van der Waals surface area contributed by atoms with E-state index < -0.39 is 0 Å².